The number of hydrogen-bond donors (Lipinski definition) is 4. The molecule has 0 aromatic carbocycles. The zero-order chi connectivity index (χ0) is 30.7. The third-order valence-electron chi connectivity index (χ3n) is 8.74. The molecule has 3 aromatic rings. The highest BCUT2D eigenvalue weighted by Gasteiger charge is 2.21. The van der Waals surface area contributed by atoms with Crippen molar-refractivity contribution in [1.82, 2.24) is 24.3 Å². The zero-order valence-corrected chi connectivity index (χ0v) is 25.5. The third-order valence-corrected chi connectivity index (χ3v) is 8.74. The Bertz CT molecular complexity index is 1600. The van der Waals surface area contributed by atoms with Gasteiger partial charge in [0, 0.05) is 87.3 Å². The molecule has 228 valence electrons. The summed E-state index contributed by atoms with van der Waals surface area (Å²) in [5.74, 6) is 0.745. The summed E-state index contributed by atoms with van der Waals surface area (Å²) < 4.78 is 3.60. The first kappa shape index (κ1) is 30.2. The van der Waals surface area contributed by atoms with Crippen LogP contribution in [0.25, 0.3) is 11.1 Å². The first-order chi connectivity index (χ1) is 20.7. The Morgan fingerprint density at radius 2 is 2.07 bits per heavy atom. The summed E-state index contributed by atoms with van der Waals surface area (Å²) in [5, 5.41) is 25.4. The molecule has 1 saturated heterocycles. The standard InChI is InChI=1S/C32H42N8O3/c1-21-27(34-11-12-37(21)2)17-30(33)36-28-16-23(18-39(4)32(28)43)25-9-10-35-31(26(25)20-42)38(3)13-14-40-24(19-41)15-22-7-5-6-8-29(22)40/h9-10,15-19,21,34,42H,5-8,11-14,20H2,1-4H3,(H2,33,36)/b27-17-. The van der Waals surface area contributed by atoms with Gasteiger partial charge in [0.25, 0.3) is 5.56 Å². The highest BCUT2D eigenvalue weighted by Crippen LogP contribution is 2.31. The highest BCUT2D eigenvalue weighted by atomic mass is 16.3. The molecule has 4 heterocycles. The van der Waals surface area contributed by atoms with E-state index in [2.05, 4.69) is 32.0 Å². The molecule has 3 aromatic heterocycles. The number of aliphatic hydroxyl groups is 1. The van der Waals surface area contributed by atoms with Crippen LogP contribution in [0.15, 0.2) is 47.2 Å². The number of hydrogen-bond acceptors (Lipinski definition) is 8. The minimum Gasteiger partial charge on any atom is -0.392 e. The quantitative estimate of drug-likeness (QED) is 0.171. The summed E-state index contributed by atoms with van der Waals surface area (Å²) in [4.78, 5) is 33.7. The first-order valence-electron chi connectivity index (χ1n) is 14.9. The van der Waals surface area contributed by atoms with Gasteiger partial charge in [0.15, 0.2) is 6.29 Å². The lowest BCUT2D eigenvalue weighted by molar-refractivity contribution is 0.111. The Kier molecular flexibility index (Phi) is 9.12. The zero-order valence-electron chi connectivity index (χ0n) is 25.5. The van der Waals surface area contributed by atoms with E-state index in [-0.39, 0.29) is 29.7 Å². The number of pyridine rings is 2. The predicted octanol–water partition coefficient (Wildman–Crippen LogP) is 2.77. The molecule has 0 saturated carbocycles. The number of anilines is 2. The van der Waals surface area contributed by atoms with Crippen LogP contribution in [0.3, 0.4) is 0 Å². The van der Waals surface area contributed by atoms with Crippen molar-refractivity contribution in [2.75, 3.05) is 43.9 Å². The molecule has 1 fully saturated rings. The number of nitrogens with zero attached hydrogens (tertiary/aromatic N) is 5. The maximum atomic E-state index is 13.0. The van der Waals surface area contributed by atoms with E-state index in [4.69, 9.17) is 5.41 Å². The molecule has 1 aliphatic carbocycles. The molecule has 2 aliphatic rings. The van der Waals surface area contributed by atoms with E-state index in [1.165, 1.54) is 15.8 Å². The molecular weight excluding hydrogens is 544 g/mol. The van der Waals surface area contributed by atoms with Crippen molar-refractivity contribution in [3.05, 3.63) is 75.2 Å². The van der Waals surface area contributed by atoms with Crippen LogP contribution in [-0.4, -0.2) is 76.0 Å². The van der Waals surface area contributed by atoms with Crippen molar-refractivity contribution in [3.63, 3.8) is 0 Å². The molecule has 43 heavy (non-hydrogen) atoms. The first-order valence-corrected chi connectivity index (χ1v) is 14.9. The number of aliphatic hydroxyl groups excluding tert-OH is 1. The summed E-state index contributed by atoms with van der Waals surface area (Å²) in [5.41, 5.74) is 6.27. The highest BCUT2D eigenvalue weighted by molar-refractivity contribution is 6.02. The van der Waals surface area contributed by atoms with Crippen LogP contribution >= 0.6 is 0 Å². The summed E-state index contributed by atoms with van der Waals surface area (Å²) >= 11 is 0. The number of fused-ring (bicyclic) bond motifs is 1. The summed E-state index contributed by atoms with van der Waals surface area (Å²) in [6.07, 6.45) is 10.4. The number of piperazine rings is 1. The van der Waals surface area contributed by atoms with Gasteiger partial charge in [-0.05, 0) is 69.0 Å². The van der Waals surface area contributed by atoms with Gasteiger partial charge in [-0.25, -0.2) is 4.98 Å². The lowest BCUT2D eigenvalue weighted by Gasteiger charge is -2.33. The number of aryl methyl sites for hydroxylation is 2. The fourth-order valence-corrected chi connectivity index (χ4v) is 6.16. The van der Waals surface area contributed by atoms with Crippen LogP contribution in [0, 0.1) is 5.41 Å². The monoisotopic (exact) mass is 586 g/mol. The van der Waals surface area contributed by atoms with Crippen molar-refractivity contribution >= 4 is 23.6 Å². The van der Waals surface area contributed by atoms with Crippen molar-refractivity contribution in [3.8, 4) is 11.1 Å². The van der Waals surface area contributed by atoms with Crippen LogP contribution in [-0.2, 0) is 33.0 Å². The Labute approximate surface area is 252 Å². The number of aromatic nitrogens is 3. The average molecular weight is 587 g/mol. The maximum Gasteiger partial charge on any atom is 0.274 e. The number of likely N-dealkylation sites (N-methyl/N-ethyl adjacent to an activating group) is 2. The molecule has 0 bridgehead atoms. The topological polar surface area (TPSA) is 132 Å². The number of amidine groups is 1. The van der Waals surface area contributed by atoms with Crippen LogP contribution in [0.5, 0.6) is 0 Å². The molecule has 1 aliphatic heterocycles. The fraction of sp³-hybridized carbons (Fsp3) is 0.438. The Balaban J connectivity index is 1.40. The van der Waals surface area contributed by atoms with Crippen molar-refractivity contribution in [2.24, 2.45) is 7.05 Å². The van der Waals surface area contributed by atoms with E-state index in [1.54, 1.807) is 31.6 Å². The van der Waals surface area contributed by atoms with Gasteiger partial charge >= 0.3 is 0 Å². The molecular formula is C32H42N8O3. The minimum absolute atomic E-state index is 0.110. The summed E-state index contributed by atoms with van der Waals surface area (Å²) in [7, 11) is 5.65. The molecule has 11 heteroatoms. The Hall–Kier alpha value is -4.22. The number of nitrogens with one attached hydrogen (secondary N) is 3. The van der Waals surface area contributed by atoms with Crippen LogP contribution in [0.4, 0.5) is 11.5 Å². The second kappa shape index (κ2) is 13.0. The van der Waals surface area contributed by atoms with E-state index in [9.17, 15) is 14.7 Å². The van der Waals surface area contributed by atoms with Crippen LogP contribution < -0.4 is 21.1 Å². The maximum absolute atomic E-state index is 13.0. The van der Waals surface area contributed by atoms with Crippen LogP contribution in [0.1, 0.15) is 47.1 Å². The van der Waals surface area contributed by atoms with Gasteiger partial charge in [-0.15, -0.1) is 0 Å². The van der Waals surface area contributed by atoms with Gasteiger partial charge in [-0.1, -0.05) is 0 Å². The van der Waals surface area contributed by atoms with E-state index in [1.807, 2.05) is 31.1 Å². The smallest absolute Gasteiger partial charge is 0.274 e. The van der Waals surface area contributed by atoms with Gasteiger partial charge in [0.1, 0.15) is 17.3 Å². The van der Waals surface area contributed by atoms with Crippen molar-refractivity contribution in [2.45, 2.75) is 51.8 Å². The third kappa shape index (κ3) is 6.28. The summed E-state index contributed by atoms with van der Waals surface area (Å²) in [6.45, 7) is 4.78. The largest absolute Gasteiger partial charge is 0.392 e. The molecule has 1 atom stereocenters. The Morgan fingerprint density at radius 3 is 2.84 bits per heavy atom. The molecule has 4 N–H and O–H groups in total. The molecule has 0 radical (unpaired) electrons. The second-order valence-corrected chi connectivity index (χ2v) is 11.5. The molecule has 0 spiro atoms. The second-order valence-electron chi connectivity index (χ2n) is 11.5. The number of carbonyl (C=O) groups excluding carboxylic acids is 1. The van der Waals surface area contributed by atoms with Gasteiger partial charge in [-0.3, -0.25) is 19.9 Å². The molecule has 5 rings (SSSR count). The van der Waals surface area contributed by atoms with Crippen LogP contribution in [0.2, 0.25) is 0 Å². The van der Waals surface area contributed by atoms with Gasteiger partial charge in [-0.2, -0.15) is 0 Å². The number of rotatable bonds is 9. The van der Waals surface area contributed by atoms with Crippen molar-refractivity contribution < 1.29 is 9.90 Å². The molecule has 11 nitrogen and oxygen atoms in total. The number of aldehydes is 1. The lowest BCUT2D eigenvalue weighted by Crippen LogP contribution is -2.46. The average Bonchev–Trinajstić information content (AvgIpc) is 3.37. The van der Waals surface area contributed by atoms with E-state index in [0.717, 1.165) is 61.9 Å². The molecule has 0 amide bonds. The van der Waals surface area contributed by atoms with Gasteiger partial charge in [0.05, 0.1) is 12.3 Å². The van der Waals surface area contributed by atoms with E-state index < -0.39 is 0 Å². The van der Waals surface area contributed by atoms with Gasteiger partial charge in [0.2, 0.25) is 0 Å². The van der Waals surface area contributed by atoms with Gasteiger partial charge < -0.3 is 29.8 Å². The Morgan fingerprint density at radius 1 is 1.28 bits per heavy atom. The normalized spacial score (nSPS) is 17.8. The SMILES string of the molecule is CC1/C(=C/C(=N)Nc2cc(-c3ccnc(N(C)CCn4c(C=O)cc5c4CCCC5)c3CO)cn(C)c2=O)NCCN1C. The molecule has 1 unspecified atom stereocenters. The summed E-state index contributed by atoms with van der Waals surface area (Å²) in [6, 6.07) is 5.71. The predicted molar refractivity (Wildman–Crippen MR) is 170 cm³/mol. The lowest BCUT2D eigenvalue weighted by atomic mass is 9.98. The fourth-order valence-electron chi connectivity index (χ4n) is 6.16. The number of carbonyl (C=O) groups is 1. The van der Waals surface area contributed by atoms with E-state index >= 15 is 0 Å². The van der Waals surface area contributed by atoms with E-state index in [0.29, 0.717) is 30.2 Å². The minimum atomic E-state index is -0.258. The van der Waals surface area contributed by atoms with Crippen molar-refractivity contribution in [1.29, 1.82) is 5.41 Å².